The molecule has 65 heavy (non-hydrogen) atoms. The summed E-state index contributed by atoms with van der Waals surface area (Å²) in [5.74, 6) is 0.657. The first kappa shape index (κ1) is 36.1. The standard InChI is InChI=1S/C60H36N4S/c1-3-16-37(17-4-1)39-20-15-21-41(32-39)63-55-36-57-50(44-24-11-14-29-56(44)65-57)35-49(55)51-34-47(42-22-7-8-25-45(42)59(51)63)40-30-31-54-48(33-40)43-23-10-13-28-53(43)64(54)60-61-52-27-12-9-26-46(52)58(62-60)38-18-5-2-6-19-38/h1-36H. The average molecular weight is 845 g/mol. The van der Waals surface area contributed by atoms with Gasteiger partial charge in [-0.3, -0.25) is 4.57 Å². The molecule has 0 saturated carbocycles. The number of hydrogen-bond donors (Lipinski definition) is 0. The number of hydrogen-bond acceptors (Lipinski definition) is 3. The van der Waals surface area contributed by atoms with Gasteiger partial charge in [0.2, 0.25) is 5.95 Å². The zero-order valence-corrected chi connectivity index (χ0v) is 35.8. The van der Waals surface area contributed by atoms with E-state index in [1.54, 1.807) is 0 Å². The molecule has 14 aromatic rings. The Morgan fingerprint density at radius 2 is 0.985 bits per heavy atom. The molecule has 0 fully saturated rings. The van der Waals surface area contributed by atoms with Crippen molar-refractivity contribution < 1.29 is 0 Å². The second-order valence-corrected chi connectivity index (χ2v) is 18.0. The van der Waals surface area contributed by atoms with Crippen LogP contribution in [-0.2, 0) is 0 Å². The van der Waals surface area contributed by atoms with E-state index in [0.717, 1.165) is 55.2 Å². The first-order valence-corrected chi connectivity index (χ1v) is 22.9. The van der Waals surface area contributed by atoms with Crippen LogP contribution in [0.5, 0.6) is 0 Å². The molecule has 5 heteroatoms. The van der Waals surface area contributed by atoms with Gasteiger partial charge in [-0.1, -0.05) is 158 Å². The summed E-state index contributed by atoms with van der Waals surface area (Å²) in [6, 6.07) is 79.2. The highest BCUT2D eigenvalue weighted by Crippen LogP contribution is 2.46. The summed E-state index contributed by atoms with van der Waals surface area (Å²) in [4.78, 5) is 10.6. The van der Waals surface area contributed by atoms with Crippen LogP contribution >= 0.6 is 11.3 Å². The highest BCUT2D eigenvalue weighted by atomic mass is 32.1. The van der Waals surface area contributed by atoms with Crippen molar-refractivity contribution >= 4 is 96.8 Å². The van der Waals surface area contributed by atoms with E-state index in [4.69, 9.17) is 9.97 Å². The molecule has 0 N–H and O–H groups in total. The summed E-state index contributed by atoms with van der Waals surface area (Å²) < 4.78 is 7.35. The second-order valence-electron chi connectivity index (χ2n) is 16.9. The molecule has 0 bridgehead atoms. The van der Waals surface area contributed by atoms with Crippen LogP contribution in [-0.4, -0.2) is 19.1 Å². The maximum Gasteiger partial charge on any atom is 0.235 e. The molecule has 0 unspecified atom stereocenters. The molecule has 0 aliphatic heterocycles. The third kappa shape index (κ3) is 5.49. The van der Waals surface area contributed by atoms with E-state index in [9.17, 15) is 0 Å². The largest absolute Gasteiger partial charge is 0.309 e. The quantitative estimate of drug-likeness (QED) is 0.173. The highest BCUT2D eigenvalue weighted by Gasteiger charge is 2.22. The third-order valence-corrected chi connectivity index (χ3v) is 14.4. The van der Waals surface area contributed by atoms with Crippen molar-refractivity contribution in [2.45, 2.75) is 0 Å². The molecule has 0 amide bonds. The molecule has 0 spiro atoms. The van der Waals surface area contributed by atoms with Crippen LogP contribution < -0.4 is 0 Å². The van der Waals surface area contributed by atoms with Crippen molar-refractivity contribution in [3.05, 3.63) is 218 Å². The minimum absolute atomic E-state index is 0.657. The Bertz CT molecular complexity index is 4240. The van der Waals surface area contributed by atoms with Gasteiger partial charge in [-0.25, -0.2) is 9.97 Å². The predicted octanol–water partition coefficient (Wildman–Crippen LogP) is 16.3. The van der Waals surface area contributed by atoms with Gasteiger partial charge in [-0.2, -0.15) is 0 Å². The Morgan fingerprint density at radius 1 is 0.323 bits per heavy atom. The summed E-state index contributed by atoms with van der Waals surface area (Å²) >= 11 is 1.87. The lowest BCUT2D eigenvalue weighted by molar-refractivity contribution is 1.01. The number of nitrogens with zero attached hydrogens (tertiary/aromatic N) is 4. The SMILES string of the molecule is c1ccc(-c2cccc(-n3c4cc5sc6ccccc6c5cc4c4cc(-c5ccc6c(c5)c5ccccc5n6-c5nc(-c6ccccc6)c6ccccc6n5)c5ccccc5c43)c2)cc1. The molecule has 0 radical (unpaired) electrons. The lowest BCUT2D eigenvalue weighted by Crippen LogP contribution is -2.03. The highest BCUT2D eigenvalue weighted by molar-refractivity contribution is 7.25. The maximum absolute atomic E-state index is 5.34. The Hall–Kier alpha value is -8.38. The molecular weight excluding hydrogens is 809 g/mol. The molecule has 4 nitrogen and oxygen atoms in total. The van der Waals surface area contributed by atoms with Gasteiger partial charge in [0, 0.05) is 63.7 Å². The monoisotopic (exact) mass is 844 g/mol. The predicted molar refractivity (Wildman–Crippen MR) is 275 cm³/mol. The number of para-hydroxylation sites is 2. The molecule has 0 aliphatic rings. The van der Waals surface area contributed by atoms with Crippen LogP contribution in [0.4, 0.5) is 0 Å². The van der Waals surface area contributed by atoms with Gasteiger partial charge < -0.3 is 4.57 Å². The van der Waals surface area contributed by atoms with E-state index in [2.05, 4.69) is 221 Å². The van der Waals surface area contributed by atoms with E-state index in [0.29, 0.717) is 5.95 Å². The van der Waals surface area contributed by atoms with E-state index in [-0.39, 0.29) is 0 Å². The molecule has 10 aromatic carbocycles. The number of benzene rings is 10. The summed E-state index contributed by atoms with van der Waals surface area (Å²) in [5.41, 5.74) is 13.4. The van der Waals surface area contributed by atoms with Crippen LogP contribution in [0.25, 0.3) is 131 Å². The van der Waals surface area contributed by atoms with Gasteiger partial charge in [0.05, 0.1) is 33.3 Å². The van der Waals surface area contributed by atoms with E-state index in [1.165, 1.54) is 69.4 Å². The first-order valence-electron chi connectivity index (χ1n) is 22.1. The molecule has 4 heterocycles. The number of thiophene rings is 1. The van der Waals surface area contributed by atoms with Gasteiger partial charge in [-0.15, -0.1) is 11.3 Å². The fraction of sp³-hybridized carbons (Fsp3) is 0. The Labute approximate surface area is 377 Å². The topological polar surface area (TPSA) is 35.6 Å². The molecular formula is C60H36N4S. The summed E-state index contributed by atoms with van der Waals surface area (Å²) in [6.45, 7) is 0. The molecule has 0 saturated heterocycles. The summed E-state index contributed by atoms with van der Waals surface area (Å²) in [5, 5.41) is 10.9. The normalized spacial score (nSPS) is 12.0. The minimum atomic E-state index is 0.657. The van der Waals surface area contributed by atoms with Gasteiger partial charge >= 0.3 is 0 Å². The second kappa shape index (κ2) is 14.1. The van der Waals surface area contributed by atoms with Gasteiger partial charge in [0.1, 0.15) is 0 Å². The zero-order valence-electron chi connectivity index (χ0n) is 35.0. The van der Waals surface area contributed by atoms with Gasteiger partial charge in [0.15, 0.2) is 0 Å². The molecule has 4 aromatic heterocycles. The van der Waals surface area contributed by atoms with Crippen LogP contribution in [0.3, 0.4) is 0 Å². The van der Waals surface area contributed by atoms with Crippen LogP contribution in [0.1, 0.15) is 0 Å². The summed E-state index contributed by atoms with van der Waals surface area (Å²) in [7, 11) is 0. The van der Waals surface area contributed by atoms with Crippen LogP contribution in [0, 0.1) is 0 Å². The fourth-order valence-corrected chi connectivity index (χ4v) is 11.5. The van der Waals surface area contributed by atoms with E-state index < -0.39 is 0 Å². The van der Waals surface area contributed by atoms with Crippen molar-refractivity contribution in [3.63, 3.8) is 0 Å². The molecule has 0 atom stereocenters. The first-order chi connectivity index (χ1) is 32.2. The molecule has 14 rings (SSSR count). The molecule has 0 aliphatic carbocycles. The molecule has 302 valence electrons. The van der Waals surface area contributed by atoms with Crippen LogP contribution in [0.2, 0.25) is 0 Å². The third-order valence-electron chi connectivity index (χ3n) is 13.3. The zero-order chi connectivity index (χ0) is 42.6. The lowest BCUT2D eigenvalue weighted by Gasteiger charge is -2.14. The Balaban J connectivity index is 1.04. The van der Waals surface area contributed by atoms with Gasteiger partial charge in [0.25, 0.3) is 0 Å². The number of aromatic nitrogens is 4. The fourth-order valence-electron chi connectivity index (χ4n) is 10.4. The van der Waals surface area contributed by atoms with E-state index >= 15 is 0 Å². The van der Waals surface area contributed by atoms with Crippen molar-refractivity contribution in [1.29, 1.82) is 0 Å². The van der Waals surface area contributed by atoms with E-state index in [1.807, 2.05) is 17.4 Å². The maximum atomic E-state index is 5.34. The van der Waals surface area contributed by atoms with Crippen molar-refractivity contribution in [2.24, 2.45) is 0 Å². The van der Waals surface area contributed by atoms with Crippen molar-refractivity contribution in [3.8, 4) is 45.1 Å². The van der Waals surface area contributed by atoms with Gasteiger partial charge in [-0.05, 0) is 88.3 Å². The minimum Gasteiger partial charge on any atom is -0.309 e. The average Bonchev–Trinajstić information content (AvgIpc) is 4.02. The van der Waals surface area contributed by atoms with Crippen molar-refractivity contribution in [2.75, 3.05) is 0 Å². The Kier molecular flexibility index (Phi) is 7.82. The number of fused-ring (bicyclic) bond motifs is 12. The number of rotatable bonds is 5. The van der Waals surface area contributed by atoms with Crippen LogP contribution in [0.15, 0.2) is 218 Å². The Morgan fingerprint density at radius 3 is 1.83 bits per heavy atom. The summed E-state index contributed by atoms with van der Waals surface area (Å²) in [6.07, 6.45) is 0. The lowest BCUT2D eigenvalue weighted by atomic mass is 9.94. The van der Waals surface area contributed by atoms with Crippen molar-refractivity contribution in [1.82, 2.24) is 19.1 Å². The smallest absolute Gasteiger partial charge is 0.235 e.